The van der Waals surface area contributed by atoms with Crippen molar-refractivity contribution >= 4 is 20.7 Å². The van der Waals surface area contributed by atoms with Crippen molar-refractivity contribution < 1.29 is 21.6 Å². The zero-order valence-corrected chi connectivity index (χ0v) is 15.1. The molecule has 3 aromatic carbocycles. The summed E-state index contributed by atoms with van der Waals surface area (Å²) >= 11 is 0. The predicted octanol–water partition coefficient (Wildman–Crippen LogP) is 5.15. The van der Waals surface area contributed by atoms with E-state index in [9.17, 15) is 21.6 Å². The second kappa shape index (κ2) is 6.76. The van der Waals surface area contributed by atoms with Crippen LogP contribution in [0.25, 0.3) is 22.0 Å². The fourth-order valence-electron chi connectivity index (χ4n) is 3.04. The lowest BCUT2D eigenvalue weighted by Crippen LogP contribution is -2.09. The first-order chi connectivity index (χ1) is 13.4. The number of para-hydroxylation sites is 1. The van der Waals surface area contributed by atoms with Gasteiger partial charge in [-0.3, -0.25) is 0 Å². The number of benzene rings is 3. The predicted molar refractivity (Wildman–Crippen MR) is 98.9 cm³/mol. The van der Waals surface area contributed by atoms with E-state index >= 15 is 0 Å². The molecule has 4 rings (SSSR count). The van der Waals surface area contributed by atoms with Gasteiger partial charge in [0.15, 0.2) is 0 Å². The van der Waals surface area contributed by atoms with Gasteiger partial charge in [-0.25, -0.2) is 22.2 Å². The van der Waals surface area contributed by atoms with E-state index in [0.29, 0.717) is 10.9 Å². The third kappa shape index (κ3) is 3.03. The van der Waals surface area contributed by atoms with Crippen LogP contribution in [0.4, 0.5) is 13.2 Å². The lowest BCUT2D eigenvalue weighted by Gasteiger charge is -2.15. The highest BCUT2D eigenvalue weighted by Crippen LogP contribution is 2.38. The Bertz CT molecular complexity index is 1290. The zero-order chi connectivity index (χ0) is 19.9. The van der Waals surface area contributed by atoms with Gasteiger partial charge in [0.1, 0.15) is 16.5 Å². The van der Waals surface area contributed by atoms with Gasteiger partial charge in [0, 0.05) is 10.9 Å². The van der Waals surface area contributed by atoms with Gasteiger partial charge in [-0.1, -0.05) is 30.3 Å². The second-order valence-corrected chi connectivity index (χ2v) is 7.97. The van der Waals surface area contributed by atoms with E-state index in [-0.39, 0.29) is 16.0 Å². The Labute approximate surface area is 159 Å². The van der Waals surface area contributed by atoms with E-state index < -0.39 is 32.3 Å². The van der Waals surface area contributed by atoms with Crippen LogP contribution in [0.5, 0.6) is 0 Å². The SMILES string of the molecule is O=S(=O)(c1ccc(F)cc1)c1c(F)nc2ccccc2c1-c1ccc(F)cc1. The van der Waals surface area contributed by atoms with Crippen molar-refractivity contribution in [3.8, 4) is 11.1 Å². The van der Waals surface area contributed by atoms with E-state index in [4.69, 9.17) is 0 Å². The number of aromatic nitrogens is 1. The molecule has 7 heteroatoms. The zero-order valence-electron chi connectivity index (χ0n) is 14.2. The van der Waals surface area contributed by atoms with Crippen LogP contribution in [0.2, 0.25) is 0 Å². The Balaban J connectivity index is 2.11. The normalized spacial score (nSPS) is 11.7. The highest BCUT2D eigenvalue weighted by Gasteiger charge is 2.29. The van der Waals surface area contributed by atoms with E-state index in [1.54, 1.807) is 24.3 Å². The van der Waals surface area contributed by atoms with Crippen LogP contribution in [0.1, 0.15) is 0 Å². The van der Waals surface area contributed by atoms with E-state index in [0.717, 1.165) is 36.4 Å². The quantitative estimate of drug-likeness (QED) is 0.354. The molecule has 0 saturated carbocycles. The molecule has 0 bridgehead atoms. The lowest BCUT2D eigenvalue weighted by molar-refractivity contribution is 0.544. The van der Waals surface area contributed by atoms with Gasteiger partial charge in [-0.2, -0.15) is 4.39 Å². The maximum Gasteiger partial charge on any atom is 0.233 e. The largest absolute Gasteiger partial charge is 0.233 e. The van der Waals surface area contributed by atoms with Crippen LogP contribution in [0, 0.1) is 17.6 Å². The number of rotatable bonds is 3. The van der Waals surface area contributed by atoms with Crippen LogP contribution in [0.15, 0.2) is 82.6 Å². The Morgan fingerprint density at radius 2 is 1.29 bits per heavy atom. The van der Waals surface area contributed by atoms with Crippen molar-refractivity contribution in [2.24, 2.45) is 0 Å². The smallest absolute Gasteiger partial charge is 0.219 e. The third-order valence-corrected chi connectivity index (χ3v) is 6.13. The van der Waals surface area contributed by atoms with Crippen LogP contribution in [-0.4, -0.2) is 13.4 Å². The van der Waals surface area contributed by atoms with E-state index in [2.05, 4.69) is 4.98 Å². The van der Waals surface area contributed by atoms with Crippen LogP contribution >= 0.6 is 0 Å². The minimum absolute atomic E-state index is 0.0763. The first-order valence-electron chi connectivity index (χ1n) is 8.23. The summed E-state index contributed by atoms with van der Waals surface area (Å²) in [6, 6.07) is 15.7. The summed E-state index contributed by atoms with van der Waals surface area (Å²) in [6.07, 6.45) is 0. The van der Waals surface area contributed by atoms with Crippen molar-refractivity contribution in [1.29, 1.82) is 0 Å². The first-order valence-corrected chi connectivity index (χ1v) is 9.71. The number of nitrogens with zero attached hydrogens (tertiary/aromatic N) is 1. The third-order valence-electron chi connectivity index (χ3n) is 4.33. The molecule has 0 aliphatic heterocycles. The van der Waals surface area contributed by atoms with Gasteiger partial charge in [-0.05, 0) is 48.0 Å². The molecule has 0 atom stereocenters. The summed E-state index contributed by atoms with van der Waals surface area (Å²) < 4.78 is 68.0. The molecule has 0 radical (unpaired) electrons. The molecule has 0 N–H and O–H groups in total. The van der Waals surface area contributed by atoms with Gasteiger partial charge in [0.2, 0.25) is 15.8 Å². The van der Waals surface area contributed by atoms with Crippen molar-refractivity contribution in [3.63, 3.8) is 0 Å². The van der Waals surface area contributed by atoms with Gasteiger partial charge in [0.25, 0.3) is 0 Å². The summed E-state index contributed by atoms with van der Waals surface area (Å²) in [5, 5.41) is 0.399. The van der Waals surface area contributed by atoms with Gasteiger partial charge < -0.3 is 0 Å². The summed E-state index contributed by atoms with van der Waals surface area (Å²) in [5.41, 5.74) is 0.657. The Morgan fingerprint density at radius 3 is 1.93 bits per heavy atom. The molecule has 1 heterocycles. The van der Waals surface area contributed by atoms with Gasteiger partial charge >= 0.3 is 0 Å². The molecular weight excluding hydrogens is 387 g/mol. The number of sulfone groups is 1. The summed E-state index contributed by atoms with van der Waals surface area (Å²) in [7, 11) is -4.36. The standard InChI is InChI=1S/C21H12F3NO2S/c22-14-7-5-13(6-8-14)19-17-3-1-2-4-18(17)25-21(24)20(19)28(26,27)16-11-9-15(23)10-12-16/h1-12H. The molecule has 4 aromatic rings. The first kappa shape index (κ1) is 18.2. The average molecular weight is 399 g/mol. The fraction of sp³-hybridized carbons (Fsp3) is 0. The lowest BCUT2D eigenvalue weighted by atomic mass is 10.0. The second-order valence-electron chi connectivity index (χ2n) is 6.09. The van der Waals surface area contributed by atoms with E-state index in [1.165, 1.54) is 12.1 Å². The topological polar surface area (TPSA) is 47.0 Å². The minimum Gasteiger partial charge on any atom is -0.219 e. The van der Waals surface area contributed by atoms with E-state index in [1.807, 2.05) is 0 Å². The molecule has 0 spiro atoms. The molecule has 28 heavy (non-hydrogen) atoms. The molecule has 0 aliphatic carbocycles. The average Bonchev–Trinajstić information content (AvgIpc) is 2.68. The highest BCUT2D eigenvalue weighted by atomic mass is 32.2. The van der Waals surface area contributed by atoms with Crippen molar-refractivity contribution in [1.82, 2.24) is 4.98 Å². The molecule has 140 valence electrons. The number of hydrogen-bond acceptors (Lipinski definition) is 3. The number of pyridine rings is 1. The fourth-order valence-corrected chi connectivity index (χ4v) is 4.54. The maximum absolute atomic E-state index is 15.0. The number of hydrogen-bond donors (Lipinski definition) is 0. The molecule has 0 unspecified atom stereocenters. The monoisotopic (exact) mass is 399 g/mol. The molecule has 0 amide bonds. The Morgan fingerprint density at radius 1 is 0.714 bits per heavy atom. The number of fused-ring (bicyclic) bond motifs is 1. The van der Waals surface area contributed by atoms with Crippen molar-refractivity contribution in [2.75, 3.05) is 0 Å². The van der Waals surface area contributed by atoms with Crippen LogP contribution < -0.4 is 0 Å². The number of halogens is 3. The van der Waals surface area contributed by atoms with Crippen LogP contribution in [0.3, 0.4) is 0 Å². The van der Waals surface area contributed by atoms with Gasteiger partial charge in [0.05, 0.1) is 10.4 Å². The summed E-state index contributed by atoms with van der Waals surface area (Å²) in [5.74, 6) is -2.30. The Kier molecular flexibility index (Phi) is 4.39. The summed E-state index contributed by atoms with van der Waals surface area (Å²) in [6.45, 7) is 0. The van der Waals surface area contributed by atoms with Crippen molar-refractivity contribution in [2.45, 2.75) is 9.79 Å². The molecular formula is C21H12F3NO2S. The van der Waals surface area contributed by atoms with Gasteiger partial charge in [-0.15, -0.1) is 0 Å². The molecule has 0 fully saturated rings. The van der Waals surface area contributed by atoms with Crippen LogP contribution in [-0.2, 0) is 9.84 Å². The molecule has 0 aliphatic rings. The summed E-state index contributed by atoms with van der Waals surface area (Å²) in [4.78, 5) is 2.89. The highest BCUT2D eigenvalue weighted by molar-refractivity contribution is 7.91. The molecule has 0 saturated heterocycles. The minimum atomic E-state index is -4.36. The van der Waals surface area contributed by atoms with Crippen molar-refractivity contribution in [3.05, 3.63) is 90.4 Å². The molecule has 1 aromatic heterocycles. The Hall–Kier alpha value is -3.19. The molecule has 3 nitrogen and oxygen atoms in total. The maximum atomic E-state index is 15.0.